The number of nitrogens with one attached hydrogen (secondary N) is 1. The minimum absolute atomic E-state index is 0.355. The third-order valence-corrected chi connectivity index (χ3v) is 4.53. The molecular formula is C17H26N2O. The van der Waals surface area contributed by atoms with E-state index in [0.29, 0.717) is 11.0 Å². The van der Waals surface area contributed by atoms with Crippen LogP contribution in [0, 0.1) is 12.3 Å². The lowest BCUT2D eigenvalue weighted by atomic mass is 9.82. The van der Waals surface area contributed by atoms with Crippen LogP contribution >= 0.6 is 0 Å². The zero-order valence-corrected chi connectivity index (χ0v) is 12.7. The Morgan fingerprint density at radius 3 is 2.50 bits per heavy atom. The number of carbonyl (C=O) groups excluding carboxylic acids is 1. The number of aryl methyl sites for hydroxylation is 1. The molecule has 1 aromatic rings. The molecule has 0 unspecified atom stereocenters. The number of hydrogen-bond acceptors (Lipinski definition) is 2. The molecule has 1 saturated carbocycles. The summed E-state index contributed by atoms with van der Waals surface area (Å²) in [5.41, 5.74) is 8.31. The Morgan fingerprint density at radius 2 is 1.90 bits per heavy atom. The van der Waals surface area contributed by atoms with Crippen LogP contribution in [0.2, 0.25) is 0 Å². The predicted molar refractivity (Wildman–Crippen MR) is 84.0 cm³/mol. The summed E-state index contributed by atoms with van der Waals surface area (Å²) < 4.78 is 0. The number of primary amides is 1. The molecule has 3 nitrogen and oxygen atoms in total. The van der Waals surface area contributed by atoms with Crippen molar-refractivity contribution in [2.45, 2.75) is 52.4 Å². The van der Waals surface area contributed by atoms with Gasteiger partial charge in [0.15, 0.2) is 0 Å². The molecule has 0 atom stereocenters. The van der Waals surface area contributed by atoms with Gasteiger partial charge in [-0.2, -0.15) is 0 Å². The van der Waals surface area contributed by atoms with Crippen molar-refractivity contribution in [2.24, 2.45) is 11.1 Å². The molecule has 3 N–H and O–H groups in total. The Morgan fingerprint density at radius 1 is 1.25 bits per heavy atom. The van der Waals surface area contributed by atoms with E-state index in [0.717, 1.165) is 17.8 Å². The van der Waals surface area contributed by atoms with Gasteiger partial charge in [0.25, 0.3) is 0 Å². The molecule has 1 fully saturated rings. The van der Waals surface area contributed by atoms with Crippen LogP contribution in [0.1, 0.15) is 61.4 Å². The Balaban J connectivity index is 2.03. The largest absolute Gasteiger partial charge is 0.384 e. The van der Waals surface area contributed by atoms with Gasteiger partial charge in [0.2, 0.25) is 5.91 Å². The highest BCUT2D eigenvalue weighted by molar-refractivity contribution is 5.95. The van der Waals surface area contributed by atoms with Gasteiger partial charge in [-0.15, -0.1) is 0 Å². The summed E-state index contributed by atoms with van der Waals surface area (Å²) in [5, 5.41) is 3.50. The maximum Gasteiger partial charge on any atom is 0.249 e. The molecule has 2 rings (SSSR count). The average molecular weight is 274 g/mol. The van der Waals surface area contributed by atoms with Crippen LogP contribution in [-0.4, -0.2) is 12.5 Å². The van der Waals surface area contributed by atoms with Gasteiger partial charge < -0.3 is 11.1 Å². The highest BCUT2D eigenvalue weighted by Gasteiger charge is 2.25. The maximum atomic E-state index is 11.4. The third-order valence-electron chi connectivity index (χ3n) is 4.53. The number of hydrogen-bond donors (Lipinski definition) is 2. The summed E-state index contributed by atoms with van der Waals surface area (Å²) >= 11 is 0. The van der Waals surface area contributed by atoms with Crippen molar-refractivity contribution in [1.29, 1.82) is 0 Å². The van der Waals surface area contributed by atoms with E-state index >= 15 is 0 Å². The Bertz CT molecular complexity index is 474. The van der Waals surface area contributed by atoms with Crippen LogP contribution in [0.15, 0.2) is 18.2 Å². The first-order valence-corrected chi connectivity index (χ1v) is 7.65. The van der Waals surface area contributed by atoms with Crippen molar-refractivity contribution >= 4 is 11.6 Å². The number of anilines is 1. The number of nitrogens with two attached hydrogens (primary N) is 1. The molecule has 0 aliphatic heterocycles. The summed E-state index contributed by atoms with van der Waals surface area (Å²) in [6, 6.07) is 5.86. The van der Waals surface area contributed by atoms with Crippen molar-refractivity contribution in [3.63, 3.8) is 0 Å². The molecule has 0 radical (unpaired) electrons. The molecule has 0 aromatic heterocycles. The van der Waals surface area contributed by atoms with E-state index in [2.05, 4.69) is 12.2 Å². The van der Waals surface area contributed by atoms with Gasteiger partial charge in [0.1, 0.15) is 0 Å². The van der Waals surface area contributed by atoms with E-state index in [1.165, 1.54) is 38.5 Å². The molecule has 0 heterocycles. The first-order chi connectivity index (χ1) is 9.50. The number of benzene rings is 1. The summed E-state index contributed by atoms with van der Waals surface area (Å²) in [6.07, 6.45) is 7.97. The van der Waals surface area contributed by atoms with Gasteiger partial charge in [0.05, 0.1) is 0 Å². The van der Waals surface area contributed by atoms with Gasteiger partial charge in [-0.25, -0.2) is 0 Å². The van der Waals surface area contributed by atoms with Crippen LogP contribution < -0.4 is 11.1 Å². The van der Waals surface area contributed by atoms with Crippen LogP contribution in [0.4, 0.5) is 5.69 Å². The minimum atomic E-state index is -0.355. The molecule has 3 heteroatoms. The fourth-order valence-electron chi connectivity index (χ4n) is 3.07. The molecule has 0 spiro atoms. The molecule has 1 aromatic carbocycles. The number of carbonyl (C=O) groups is 1. The van der Waals surface area contributed by atoms with E-state index in [1.54, 1.807) is 0 Å². The van der Waals surface area contributed by atoms with Crippen LogP contribution in [0.25, 0.3) is 0 Å². The van der Waals surface area contributed by atoms with Gasteiger partial charge >= 0.3 is 0 Å². The highest BCUT2D eigenvalue weighted by Crippen LogP contribution is 2.34. The SMILES string of the molecule is Cc1ccc(NCC2(C)CCCCCC2)cc1C(N)=O. The summed E-state index contributed by atoms with van der Waals surface area (Å²) in [7, 11) is 0. The molecule has 1 amide bonds. The van der Waals surface area contributed by atoms with Gasteiger partial charge in [-0.05, 0) is 42.9 Å². The second kappa shape index (κ2) is 6.29. The first-order valence-electron chi connectivity index (χ1n) is 7.65. The maximum absolute atomic E-state index is 11.4. The molecule has 1 aliphatic rings. The lowest BCUT2D eigenvalue weighted by Gasteiger charge is -2.29. The fraction of sp³-hybridized carbons (Fsp3) is 0.588. The van der Waals surface area contributed by atoms with Crippen molar-refractivity contribution in [1.82, 2.24) is 0 Å². The van der Waals surface area contributed by atoms with Gasteiger partial charge in [0, 0.05) is 17.8 Å². The van der Waals surface area contributed by atoms with E-state index < -0.39 is 0 Å². The molecule has 110 valence electrons. The van der Waals surface area contributed by atoms with Crippen LogP contribution in [0.5, 0.6) is 0 Å². The lowest BCUT2D eigenvalue weighted by molar-refractivity contribution is 0.1000. The fourth-order valence-corrected chi connectivity index (χ4v) is 3.07. The second-order valence-electron chi connectivity index (χ2n) is 6.47. The zero-order chi connectivity index (χ0) is 14.6. The van der Waals surface area contributed by atoms with Crippen LogP contribution in [-0.2, 0) is 0 Å². The Hall–Kier alpha value is -1.51. The Kier molecular flexibility index (Phi) is 4.69. The van der Waals surface area contributed by atoms with Crippen molar-refractivity contribution in [2.75, 3.05) is 11.9 Å². The van der Waals surface area contributed by atoms with E-state index in [9.17, 15) is 4.79 Å². The summed E-state index contributed by atoms with van der Waals surface area (Å²) in [6.45, 7) is 5.25. The second-order valence-corrected chi connectivity index (χ2v) is 6.47. The van der Waals surface area contributed by atoms with Gasteiger partial charge in [-0.3, -0.25) is 4.79 Å². The quantitative estimate of drug-likeness (QED) is 0.819. The molecular weight excluding hydrogens is 248 g/mol. The lowest BCUT2D eigenvalue weighted by Crippen LogP contribution is -2.26. The molecule has 1 aliphatic carbocycles. The normalized spacial score (nSPS) is 18.3. The Labute approximate surface area is 121 Å². The van der Waals surface area contributed by atoms with Crippen molar-refractivity contribution in [3.05, 3.63) is 29.3 Å². The molecule has 0 saturated heterocycles. The topological polar surface area (TPSA) is 55.1 Å². The summed E-state index contributed by atoms with van der Waals surface area (Å²) in [4.78, 5) is 11.4. The van der Waals surface area contributed by atoms with E-state index in [4.69, 9.17) is 5.73 Å². The molecule has 20 heavy (non-hydrogen) atoms. The zero-order valence-electron chi connectivity index (χ0n) is 12.7. The number of rotatable bonds is 4. The highest BCUT2D eigenvalue weighted by atomic mass is 16.1. The van der Waals surface area contributed by atoms with Crippen LogP contribution in [0.3, 0.4) is 0 Å². The van der Waals surface area contributed by atoms with Crippen molar-refractivity contribution < 1.29 is 4.79 Å². The van der Waals surface area contributed by atoms with E-state index in [-0.39, 0.29) is 5.91 Å². The summed E-state index contributed by atoms with van der Waals surface area (Å²) in [5.74, 6) is -0.355. The molecule has 0 bridgehead atoms. The standard InChI is InChI=1S/C17H26N2O/c1-13-7-8-14(11-15(13)16(18)20)19-12-17(2)9-5-3-4-6-10-17/h7-8,11,19H,3-6,9-10,12H2,1-2H3,(H2,18,20). The smallest absolute Gasteiger partial charge is 0.249 e. The average Bonchev–Trinajstić information content (AvgIpc) is 2.63. The van der Waals surface area contributed by atoms with Gasteiger partial charge in [-0.1, -0.05) is 38.7 Å². The minimum Gasteiger partial charge on any atom is -0.384 e. The monoisotopic (exact) mass is 274 g/mol. The predicted octanol–water partition coefficient (Wildman–Crippen LogP) is 3.87. The number of amides is 1. The van der Waals surface area contributed by atoms with E-state index in [1.807, 2.05) is 25.1 Å². The third kappa shape index (κ3) is 3.75. The first kappa shape index (κ1) is 14.9. The van der Waals surface area contributed by atoms with Crippen molar-refractivity contribution in [3.8, 4) is 0 Å².